The first kappa shape index (κ1) is 21.6. The van der Waals surface area contributed by atoms with Crippen molar-refractivity contribution in [3.8, 4) is 5.82 Å². The molecule has 3 aliphatic rings. The Kier molecular flexibility index (Phi) is 5.22. The van der Waals surface area contributed by atoms with Crippen LogP contribution in [0.25, 0.3) is 5.82 Å². The molecule has 1 spiro atoms. The standard InChI is InChI=1S/C21H25N7O5/c1-20(32)12-21(19(31)28(20)15-8-18(30)33-11-15)4-6-26(7-5-21)10-16(29)14-2-3-17(22-9-14)27-13-23-24-25-27/h2-3,8-9,13,16,29,32H,4-7,10-12H2,1H3. The van der Waals surface area contributed by atoms with E-state index in [4.69, 9.17) is 4.74 Å². The second-order valence-corrected chi connectivity index (χ2v) is 9.08. The van der Waals surface area contributed by atoms with Gasteiger partial charge >= 0.3 is 5.97 Å². The van der Waals surface area contributed by atoms with E-state index in [2.05, 4.69) is 25.4 Å². The van der Waals surface area contributed by atoms with E-state index in [1.54, 1.807) is 25.3 Å². The molecule has 2 aromatic rings. The quantitative estimate of drug-likeness (QED) is 0.568. The van der Waals surface area contributed by atoms with Crippen molar-refractivity contribution in [2.24, 2.45) is 5.41 Å². The largest absolute Gasteiger partial charge is 0.456 e. The van der Waals surface area contributed by atoms with Crippen LogP contribution in [0.3, 0.4) is 0 Å². The topological polar surface area (TPSA) is 147 Å². The summed E-state index contributed by atoms with van der Waals surface area (Å²) in [5, 5.41) is 32.6. The third-order valence-corrected chi connectivity index (χ3v) is 6.73. The second kappa shape index (κ2) is 7.97. The van der Waals surface area contributed by atoms with Crippen molar-refractivity contribution in [3.63, 3.8) is 0 Å². The summed E-state index contributed by atoms with van der Waals surface area (Å²) in [5.74, 6) is -0.116. The van der Waals surface area contributed by atoms with Crippen molar-refractivity contribution >= 4 is 11.9 Å². The molecule has 12 heteroatoms. The van der Waals surface area contributed by atoms with Crippen LogP contribution in [-0.2, 0) is 14.3 Å². The van der Waals surface area contributed by atoms with Gasteiger partial charge in [-0.2, -0.15) is 4.68 Å². The number of rotatable bonds is 5. The van der Waals surface area contributed by atoms with Gasteiger partial charge in [-0.05, 0) is 49.3 Å². The van der Waals surface area contributed by atoms with Crippen molar-refractivity contribution in [3.05, 3.63) is 42.0 Å². The molecule has 2 atom stereocenters. The van der Waals surface area contributed by atoms with Crippen molar-refractivity contribution in [1.82, 2.24) is 35.0 Å². The van der Waals surface area contributed by atoms with Crippen LogP contribution in [0.4, 0.5) is 0 Å². The van der Waals surface area contributed by atoms with E-state index in [0.29, 0.717) is 56.0 Å². The summed E-state index contributed by atoms with van der Waals surface area (Å²) in [6.07, 6.45) is 4.99. The number of nitrogens with zero attached hydrogens (tertiary/aromatic N) is 7. The van der Waals surface area contributed by atoms with Crippen molar-refractivity contribution in [2.75, 3.05) is 26.2 Å². The fraction of sp³-hybridized carbons (Fsp3) is 0.524. The van der Waals surface area contributed by atoms with Gasteiger partial charge in [0.15, 0.2) is 5.82 Å². The minimum absolute atomic E-state index is 0.00460. The number of aromatic nitrogens is 5. The average Bonchev–Trinajstić information content (AvgIpc) is 3.50. The van der Waals surface area contributed by atoms with E-state index in [1.807, 2.05) is 0 Å². The Morgan fingerprint density at radius 2 is 2.03 bits per heavy atom. The molecular weight excluding hydrogens is 430 g/mol. The number of pyridine rings is 1. The van der Waals surface area contributed by atoms with Crippen LogP contribution in [0.15, 0.2) is 36.4 Å². The first-order chi connectivity index (χ1) is 15.8. The number of aliphatic hydroxyl groups is 2. The lowest BCUT2D eigenvalue weighted by Crippen LogP contribution is -2.46. The number of amides is 1. The van der Waals surface area contributed by atoms with Gasteiger partial charge in [-0.15, -0.1) is 5.10 Å². The summed E-state index contributed by atoms with van der Waals surface area (Å²) in [7, 11) is 0. The lowest BCUT2D eigenvalue weighted by molar-refractivity contribution is -0.144. The van der Waals surface area contributed by atoms with Crippen LogP contribution in [0.1, 0.15) is 37.9 Å². The Morgan fingerprint density at radius 3 is 2.64 bits per heavy atom. The Labute approximate surface area is 189 Å². The SMILES string of the molecule is CC1(O)CC2(CCN(CC(O)c3ccc(-n4cnnn4)nc3)CC2)C(=O)N1C1=CC(=O)OC1. The molecule has 2 saturated heterocycles. The Bertz CT molecular complexity index is 1070. The molecule has 0 radical (unpaired) electrons. The number of carbonyl (C=O) groups excluding carboxylic acids is 2. The normalized spacial score (nSPS) is 26.0. The molecule has 2 aromatic heterocycles. The van der Waals surface area contributed by atoms with Gasteiger partial charge in [0.05, 0.1) is 17.2 Å². The van der Waals surface area contributed by atoms with Crippen molar-refractivity contribution < 1.29 is 24.5 Å². The van der Waals surface area contributed by atoms with Crippen LogP contribution in [0, 0.1) is 5.41 Å². The Hall–Kier alpha value is -3.22. The maximum Gasteiger partial charge on any atom is 0.333 e. The highest BCUT2D eigenvalue weighted by atomic mass is 16.5. The Morgan fingerprint density at radius 1 is 1.24 bits per heavy atom. The number of β-amino-alcohol motifs (C(OH)–C–C–N with tert-alkyl or cyclic N) is 1. The first-order valence-corrected chi connectivity index (χ1v) is 10.8. The molecule has 0 aromatic carbocycles. The number of piperidine rings is 1. The number of likely N-dealkylation sites (tertiary alicyclic amines) is 2. The number of aliphatic hydroxyl groups excluding tert-OH is 1. The molecule has 0 saturated carbocycles. The molecular formula is C21H25N7O5. The van der Waals surface area contributed by atoms with Gasteiger partial charge in [0, 0.05) is 30.8 Å². The summed E-state index contributed by atoms with van der Waals surface area (Å²) < 4.78 is 6.37. The molecule has 174 valence electrons. The summed E-state index contributed by atoms with van der Waals surface area (Å²) >= 11 is 0. The molecule has 5 rings (SSSR count). The molecule has 5 heterocycles. The maximum atomic E-state index is 13.3. The van der Waals surface area contributed by atoms with Crippen LogP contribution in [0.2, 0.25) is 0 Å². The number of ether oxygens (including phenoxy) is 1. The van der Waals surface area contributed by atoms with Gasteiger partial charge in [0.1, 0.15) is 18.7 Å². The van der Waals surface area contributed by atoms with E-state index < -0.39 is 23.2 Å². The molecule has 2 fully saturated rings. The minimum atomic E-state index is -1.37. The molecule has 1 amide bonds. The van der Waals surface area contributed by atoms with E-state index in [1.165, 1.54) is 22.0 Å². The smallest absolute Gasteiger partial charge is 0.333 e. The van der Waals surface area contributed by atoms with Crippen LogP contribution < -0.4 is 0 Å². The zero-order valence-electron chi connectivity index (χ0n) is 18.2. The highest BCUT2D eigenvalue weighted by Crippen LogP contribution is 2.50. The third-order valence-electron chi connectivity index (χ3n) is 6.73. The van der Waals surface area contributed by atoms with Gasteiger partial charge < -0.3 is 19.8 Å². The monoisotopic (exact) mass is 455 g/mol. The fourth-order valence-corrected chi connectivity index (χ4v) is 5.09. The van der Waals surface area contributed by atoms with E-state index in [-0.39, 0.29) is 12.5 Å². The number of esters is 1. The predicted octanol–water partition coefficient (Wildman–Crippen LogP) is -0.446. The van der Waals surface area contributed by atoms with Crippen molar-refractivity contribution in [2.45, 2.75) is 38.0 Å². The van der Waals surface area contributed by atoms with Crippen LogP contribution >= 0.6 is 0 Å². The molecule has 3 aliphatic heterocycles. The van der Waals surface area contributed by atoms with E-state index in [0.717, 1.165) is 0 Å². The molecule has 2 unspecified atom stereocenters. The average molecular weight is 455 g/mol. The molecule has 0 bridgehead atoms. The van der Waals surface area contributed by atoms with Gasteiger partial charge in [-0.1, -0.05) is 6.07 Å². The number of carbonyl (C=O) groups is 2. The number of hydrogen-bond donors (Lipinski definition) is 2. The lowest BCUT2D eigenvalue weighted by Gasteiger charge is -2.38. The molecule has 0 aliphatic carbocycles. The van der Waals surface area contributed by atoms with Crippen LogP contribution in [0.5, 0.6) is 0 Å². The van der Waals surface area contributed by atoms with Crippen LogP contribution in [-0.4, -0.2) is 89.0 Å². The molecule has 2 N–H and O–H groups in total. The second-order valence-electron chi connectivity index (χ2n) is 9.08. The minimum Gasteiger partial charge on any atom is -0.456 e. The highest BCUT2D eigenvalue weighted by molar-refractivity contribution is 5.91. The molecule has 33 heavy (non-hydrogen) atoms. The lowest BCUT2D eigenvalue weighted by atomic mass is 9.75. The summed E-state index contributed by atoms with van der Waals surface area (Å²) in [4.78, 5) is 32.5. The zero-order valence-corrected chi connectivity index (χ0v) is 18.2. The Balaban J connectivity index is 1.21. The zero-order chi connectivity index (χ0) is 23.2. The summed E-state index contributed by atoms with van der Waals surface area (Å²) in [5.41, 5.74) is -0.976. The predicted molar refractivity (Wildman–Crippen MR) is 111 cm³/mol. The van der Waals surface area contributed by atoms with Gasteiger partial charge in [0.25, 0.3) is 0 Å². The van der Waals surface area contributed by atoms with Gasteiger partial charge in [0.2, 0.25) is 5.91 Å². The summed E-state index contributed by atoms with van der Waals surface area (Å²) in [6.45, 7) is 3.22. The van der Waals surface area contributed by atoms with Gasteiger partial charge in [-0.3, -0.25) is 9.69 Å². The summed E-state index contributed by atoms with van der Waals surface area (Å²) in [6, 6.07) is 3.52. The third kappa shape index (κ3) is 3.90. The maximum absolute atomic E-state index is 13.3. The first-order valence-electron chi connectivity index (χ1n) is 10.8. The number of hydrogen-bond acceptors (Lipinski definition) is 10. The molecule has 12 nitrogen and oxygen atoms in total. The number of tetrazole rings is 1. The highest BCUT2D eigenvalue weighted by Gasteiger charge is 2.58. The van der Waals surface area contributed by atoms with Crippen molar-refractivity contribution in [1.29, 1.82) is 0 Å². The van der Waals surface area contributed by atoms with Gasteiger partial charge in [-0.25, -0.2) is 9.78 Å². The van der Waals surface area contributed by atoms with E-state index >= 15 is 0 Å². The van der Waals surface area contributed by atoms with E-state index in [9.17, 15) is 19.8 Å². The number of cyclic esters (lactones) is 1. The fourth-order valence-electron chi connectivity index (χ4n) is 5.09.